The van der Waals surface area contributed by atoms with Crippen LogP contribution in [0.2, 0.25) is 0 Å². The Morgan fingerprint density at radius 2 is 1.62 bits per heavy atom. The molecule has 0 aromatic rings. The van der Waals surface area contributed by atoms with Crippen molar-refractivity contribution in [3.63, 3.8) is 0 Å². The van der Waals surface area contributed by atoms with Gasteiger partial charge in [-0.25, -0.2) is 0 Å². The van der Waals surface area contributed by atoms with E-state index in [0.29, 0.717) is 12.0 Å². The van der Waals surface area contributed by atoms with Gasteiger partial charge in [-0.2, -0.15) is 0 Å². The van der Waals surface area contributed by atoms with E-state index < -0.39 is 63.9 Å². The Balaban J connectivity index is 1.80. The highest BCUT2D eigenvalue weighted by molar-refractivity contribution is 6.08. The largest absolute Gasteiger partial charge is 0.459 e. The number of esters is 2. The molecule has 0 heterocycles. The van der Waals surface area contributed by atoms with E-state index in [0.717, 1.165) is 0 Å². The maximum Gasteiger partial charge on any atom is 0.303 e. The SMILES string of the molecule is CC(=O)O[C@@H]1[C@@H]2C(C)(C)C(=O)C[C@@H]3[C@@]2(C)C2=C(C(=O)[C@@]4(C[C@@H]4C)[C@H](OC(C)=O)[C@@]23O)[C@@H]1O. The summed E-state index contributed by atoms with van der Waals surface area (Å²) in [4.78, 5) is 51.2. The van der Waals surface area contributed by atoms with Gasteiger partial charge in [0.15, 0.2) is 5.78 Å². The number of ether oxygens (including phenoxy) is 2. The summed E-state index contributed by atoms with van der Waals surface area (Å²) in [7, 11) is 0. The maximum atomic E-state index is 13.9. The minimum atomic E-state index is -1.72. The van der Waals surface area contributed by atoms with E-state index in [4.69, 9.17) is 9.47 Å². The number of fused-ring (bicyclic) bond motifs is 1. The normalized spacial score (nSPS) is 49.9. The second kappa shape index (κ2) is 5.89. The van der Waals surface area contributed by atoms with E-state index in [1.165, 1.54) is 13.8 Å². The lowest BCUT2D eigenvalue weighted by Crippen LogP contribution is -2.82. The van der Waals surface area contributed by atoms with Crippen LogP contribution in [0.25, 0.3) is 0 Å². The molecule has 3 saturated carbocycles. The number of ketones is 2. The molecule has 0 aromatic heterocycles. The van der Waals surface area contributed by atoms with Gasteiger partial charge in [0, 0.05) is 48.5 Å². The third kappa shape index (κ3) is 2.07. The number of aliphatic hydroxyl groups excluding tert-OH is 1. The number of hydrogen-bond donors (Lipinski definition) is 2. The molecule has 5 aliphatic rings. The predicted octanol–water partition coefficient (Wildman–Crippen LogP) is 1.11. The van der Waals surface area contributed by atoms with Crippen molar-refractivity contribution in [2.24, 2.45) is 34.0 Å². The molecule has 0 amide bonds. The topological polar surface area (TPSA) is 127 Å². The van der Waals surface area contributed by atoms with Crippen LogP contribution in [0.4, 0.5) is 0 Å². The molecule has 0 bridgehead atoms. The summed E-state index contributed by atoms with van der Waals surface area (Å²) in [5.74, 6) is -3.14. The van der Waals surface area contributed by atoms with Gasteiger partial charge in [-0.3, -0.25) is 19.2 Å². The Bertz CT molecular complexity index is 1030. The van der Waals surface area contributed by atoms with Crippen molar-refractivity contribution >= 4 is 23.5 Å². The monoisotopic (exact) mass is 446 g/mol. The van der Waals surface area contributed by atoms with Gasteiger partial charge in [0.05, 0.1) is 5.41 Å². The number of carbonyl (C=O) groups is 4. The Morgan fingerprint density at radius 3 is 2.12 bits per heavy atom. The highest BCUT2D eigenvalue weighted by Gasteiger charge is 2.86. The number of rotatable bonds is 2. The molecule has 3 fully saturated rings. The molecular formula is C24H30O8. The summed E-state index contributed by atoms with van der Waals surface area (Å²) in [6, 6.07) is 0. The fraction of sp³-hybridized carbons (Fsp3) is 0.750. The van der Waals surface area contributed by atoms with Crippen molar-refractivity contribution in [1.29, 1.82) is 0 Å². The summed E-state index contributed by atoms with van der Waals surface area (Å²) >= 11 is 0. The molecule has 0 aliphatic heterocycles. The molecule has 8 nitrogen and oxygen atoms in total. The first-order valence-electron chi connectivity index (χ1n) is 11.3. The van der Waals surface area contributed by atoms with Gasteiger partial charge in [-0.15, -0.1) is 0 Å². The van der Waals surface area contributed by atoms with Crippen molar-refractivity contribution in [1.82, 2.24) is 0 Å². The smallest absolute Gasteiger partial charge is 0.303 e. The van der Waals surface area contributed by atoms with E-state index >= 15 is 0 Å². The molecule has 0 aromatic carbocycles. The predicted molar refractivity (Wildman–Crippen MR) is 109 cm³/mol. The second-order valence-corrected chi connectivity index (χ2v) is 11.3. The lowest BCUT2D eigenvalue weighted by atomic mass is 9.30. The summed E-state index contributed by atoms with van der Waals surface area (Å²) in [6.45, 7) is 9.70. The molecule has 174 valence electrons. The van der Waals surface area contributed by atoms with Crippen LogP contribution in [0.3, 0.4) is 0 Å². The van der Waals surface area contributed by atoms with Gasteiger partial charge in [0.2, 0.25) is 0 Å². The van der Waals surface area contributed by atoms with Crippen LogP contribution < -0.4 is 0 Å². The van der Waals surface area contributed by atoms with Crippen LogP contribution in [-0.4, -0.2) is 57.6 Å². The van der Waals surface area contributed by atoms with E-state index in [-0.39, 0.29) is 29.5 Å². The molecule has 32 heavy (non-hydrogen) atoms. The van der Waals surface area contributed by atoms with Crippen molar-refractivity contribution in [3.8, 4) is 0 Å². The molecule has 0 unspecified atom stereocenters. The molecule has 9 atom stereocenters. The standard InChI is InChI=1S/C24H30O8/c1-9-8-23(9)19(29)14-15(28)16(31-10(2)25)18-21(4,5)13(27)7-12-22(18,6)17(14)24(12,30)20(23)32-11(3)26/h9,12,15-16,18,20,28,30H,7-8H2,1-6H3/t9-,12+,15-,16-,18+,20-,22-,23-,24-/m0/s1. The van der Waals surface area contributed by atoms with E-state index in [2.05, 4.69) is 0 Å². The van der Waals surface area contributed by atoms with Crippen LogP contribution in [0, 0.1) is 34.0 Å². The van der Waals surface area contributed by atoms with Gasteiger partial charge in [0.25, 0.3) is 0 Å². The second-order valence-electron chi connectivity index (χ2n) is 11.3. The molecule has 1 spiro atoms. The zero-order valence-corrected chi connectivity index (χ0v) is 19.2. The first-order chi connectivity index (χ1) is 14.7. The summed E-state index contributed by atoms with van der Waals surface area (Å²) in [5, 5.41) is 23.6. The minimum Gasteiger partial charge on any atom is -0.459 e. The van der Waals surface area contributed by atoms with Gasteiger partial charge < -0.3 is 19.7 Å². The van der Waals surface area contributed by atoms with E-state index in [9.17, 15) is 29.4 Å². The van der Waals surface area contributed by atoms with Crippen LogP contribution in [0.1, 0.15) is 54.4 Å². The molecule has 2 N–H and O–H groups in total. The minimum absolute atomic E-state index is 0.0482. The average molecular weight is 446 g/mol. The zero-order valence-electron chi connectivity index (χ0n) is 19.2. The van der Waals surface area contributed by atoms with Gasteiger partial charge in [-0.1, -0.05) is 27.7 Å². The maximum absolute atomic E-state index is 13.9. The van der Waals surface area contributed by atoms with E-state index in [1.54, 1.807) is 13.8 Å². The molecule has 5 rings (SSSR count). The van der Waals surface area contributed by atoms with Crippen LogP contribution in [0.5, 0.6) is 0 Å². The Hall–Kier alpha value is -2.06. The quantitative estimate of drug-likeness (QED) is 0.604. The highest BCUT2D eigenvalue weighted by atomic mass is 16.6. The van der Waals surface area contributed by atoms with Crippen molar-refractivity contribution in [2.75, 3.05) is 0 Å². The Labute approximate surface area is 186 Å². The van der Waals surface area contributed by atoms with Gasteiger partial charge in [0.1, 0.15) is 29.7 Å². The Morgan fingerprint density at radius 1 is 1.06 bits per heavy atom. The molecule has 5 aliphatic carbocycles. The fourth-order valence-electron chi connectivity index (χ4n) is 8.16. The number of carbonyl (C=O) groups excluding carboxylic acids is 4. The van der Waals surface area contributed by atoms with Crippen molar-refractivity contribution < 1.29 is 38.9 Å². The fourth-order valence-corrected chi connectivity index (χ4v) is 8.16. The van der Waals surface area contributed by atoms with Crippen LogP contribution in [0.15, 0.2) is 11.1 Å². The van der Waals surface area contributed by atoms with Gasteiger partial charge in [-0.05, 0) is 17.9 Å². The van der Waals surface area contributed by atoms with Crippen molar-refractivity contribution in [2.45, 2.75) is 78.3 Å². The molecular weight excluding hydrogens is 416 g/mol. The first kappa shape index (κ1) is 21.8. The summed E-state index contributed by atoms with van der Waals surface area (Å²) in [6.07, 6.45) is -3.23. The number of hydrogen-bond acceptors (Lipinski definition) is 8. The van der Waals surface area contributed by atoms with Crippen molar-refractivity contribution in [3.05, 3.63) is 11.1 Å². The lowest BCUT2D eigenvalue weighted by molar-refractivity contribution is -0.271. The summed E-state index contributed by atoms with van der Waals surface area (Å²) < 4.78 is 11.2. The van der Waals surface area contributed by atoms with Gasteiger partial charge >= 0.3 is 11.9 Å². The van der Waals surface area contributed by atoms with E-state index in [1.807, 2.05) is 13.8 Å². The first-order valence-corrected chi connectivity index (χ1v) is 11.3. The lowest BCUT2D eigenvalue weighted by Gasteiger charge is -2.74. The van der Waals surface area contributed by atoms with Crippen LogP contribution in [-0.2, 0) is 28.7 Å². The third-order valence-corrected chi connectivity index (χ3v) is 9.41. The highest BCUT2D eigenvalue weighted by Crippen LogP contribution is 2.79. The molecule has 0 saturated heterocycles. The third-order valence-electron chi connectivity index (χ3n) is 9.41. The zero-order chi connectivity index (χ0) is 23.8. The molecule has 0 radical (unpaired) electrons. The van der Waals surface area contributed by atoms with Crippen LogP contribution >= 0.6 is 0 Å². The number of aliphatic hydroxyl groups is 2. The summed E-state index contributed by atoms with van der Waals surface area (Å²) in [5.41, 5.74) is -4.27. The Kier molecular flexibility index (Phi) is 4.01. The number of Topliss-reactive ketones (excluding diaryl/α,β-unsaturated/α-hetero) is 2. The molecule has 8 heteroatoms. The average Bonchev–Trinajstić information content (AvgIpc) is 3.34.